The predicted molar refractivity (Wildman–Crippen MR) is 61.4 cm³/mol. The summed E-state index contributed by atoms with van der Waals surface area (Å²) in [5.41, 5.74) is 5.71. The number of aliphatic hydroxyl groups is 1. The molecule has 0 aromatic rings. The van der Waals surface area contributed by atoms with E-state index in [1.165, 1.54) is 0 Å². The molecule has 0 bridgehead atoms. The third kappa shape index (κ3) is 1.59. The average molecular weight is 215 g/mol. The monoisotopic (exact) mass is 215 g/mol. The molecule has 2 nitrogen and oxygen atoms in total. The Morgan fingerprint density at radius 3 is 2.36 bits per heavy atom. The maximum Gasteiger partial charge on any atom is 0.0840 e. The average Bonchev–Trinajstić information content (AvgIpc) is 2.59. The van der Waals surface area contributed by atoms with Crippen molar-refractivity contribution in [1.29, 1.82) is 0 Å². The Hall–Kier alpha value is 0.270. The lowest BCUT2D eigenvalue weighted by Gasteiger charge is -2.40. The van der Waals surface area contributed by atoms with Crippen LogP contribution in [-0.4, -0.2) is 27.8 Å². The lowest BCUT2D eigenvalue weighted by molar-refractivity contribution is -0.0271. The summed E-state index contributed by atoms with van der Waals surface area (Å²) in [5.74, 6) is 2.04. The predicted octanol–water partition coefficient (Wildman–Crippen LogP) is 1.76. The molecule has 1 aliphatic carbocycles. The minimum atomic E-state index is -0.597. The highest BCUT2D eigenvalue weighted by Gasteiger charge is 2.54. The number of thioether (sulfide) groups is 1. The van der Waals surface area contributed by atoms with Crippen LogP contribution >= 0.6 is 11.8 Å². The van der Waals surface area contributed by atoms with Crippen molar-refractivity contribution in [3.05, 3.63) is 0 Å². The molecule has 82 valence electrons. The Balaban J connectivity index is 2.17. The van der Waals surface area contributed by atoms with Crippen LogP contribution in [0.3, 0.4) is 0 Å². The highest BCUT2D eigenvalue weighted by Crippen LogP contribution is 2.50. The molecule has 1 saturated carbocycles. The van der Waals surface area contributed by atoms with Gasteiger partial charge in [-0.1, -0.05) is 13.8 Å². The van der Waals surface area contributed by atoms with Gasteiger partial charge in [0.2, 0.25) is 0 Å². The summed E-state index contributed by atoms with van der Waals surface area (Å²) in [6, 6.07) is 0. The third-order valence-electron chi connectivity index (χ3n) is 3.97. The first-order chi connectivity index (χ1) is 6.37. The molecule has 2 fully saturated rings. The van der Waals surface area contributed by atoms with E-state index >= 15 is 0 Å². The van der Waals surface area contributed by atoms with Gasteiger partial charge in [0.1, 0.15) is 0 Å². The maximum atomic E-state index is 10.6. The van der Waals surface area contributed by atoms with Crippen LogP contribution in [0, 0.1) is 5.41 Å². The quantitative estimate of drug-likeness (QED) is 0.700. The molecular formula is C11H21NOS. The van der Waals surface area contributed by atoms with E-state index < -0.39 is 5.60 Å². The van der Waals surface area contributed by atoms with Crippen molar-refractivity contribution in [3.8, 4) is 0 Å². The number of rotatable bonds is 1. The zero-order chi connectivity index (χ0) is 10.4. The molecule has 0 radical (unpaired) electrons. The largest absolute Gasteiger partial charge is 0.388 e. The summed E-state index contributed by atoms with van der Waals surface area (Å²) in [7, 11) is 0. The Morgan fingerprint density at radius 2 is 1.93 bits per heavy atom. The second-order valence-electron chi connectivity index (χ2n) is 5.83. The summed E-state index contributed by atoms with van der Waals surface area (Å²) in [5, 5.41) is 10.6. The zero-order valence-corrected chi connectivity index (χ0v) is 9.99. The Bertz CT molecular complexity index is 235. The second-order valence-corrected chi connectivity index (χ2v) is 6.94. The number of hydrogen-bond acceptors (Lipinski definition) is 3. The highest BCUT2D eigenvalue weighted by atomic mass is 32.2. The minimum Gasteiger partial charge on any atom is -0.388 e. The van der Waals surface area contributed by atoms with Crippen LogP contribution in [0.2, 0.25) is 0 Å². The van der Waals surface area contributed by atoms with E-state index in [4.69, 9.17) is 5.73 Å². The molecule has 1 saturated heterocycles. The van der Waals surface area contributed by atoms with Gasteiger partial charge in [-0.15, -0.1) is 0 Å². The molecular weight excluding hydrogens is 194 g/mol. The van der Waals surface area contributed by atoms with E-state index in [1.54, 1.807) is 0 Å². The van der Waals surface area contributed by atoms with Gasteiger partial charge in [-0.3, -0.25) is 0 Å². The molecule has 3 N–H and O–H groups in total. The van der Waals surface area contributed by atoms with Gasteiger partial charge in [0.15, 0.2) is 0 Å². The Kier molecular flexibility index (Phi) is 2.41. The van der Waals surface area contributed by atoms with Gasteiger partial charge >= 0.3 is 0 Å². The normalized spacial score (nSPS) is 47.1. The first kappa shape index (κ1) is 10.8. The van der Waals surface area contributed by atoms with E-state index in [0.29, 0.717) is 0 Å². The molecule has 3 heteroatoms. The van der Waals surface area contributed by atoms with Gasteiger partial charge in [0.25, 0.3) is 0 Å². The summed E-state index contributed by atoms with van der Waals surface area (Å²) >= 11 is 1.88. The van der Waals surface area contributed by atoms with Crippen molar-refractivity contribution in [2.75, 3.05) is 11.5 Å². The summed E-state index contributed by atoms with van der Waals surface area (Å²) in [6.45, 7) is 4.47. The van der Waals surface area contributed by atoms with E-state index in [0.717, 1.165) is 37.2 Å². The lowest BCUT2D eigenvalue weighted by atomic mass is 9.76. The van der Waals surface area contributed by atoms with Gasteiger partial charge < -0.3 is 10.8 Å². The molecule has 2 atom stereocenters. The van der Waals surface area contributed by atoms with Crippen LogP contribution in [0.5, 0.6) is 0 Å². The second kappa shape index (κ2) is 3.13. The third-order valence-corrected chi connectivity index (χ3v) is 5.18. The lowest BCUT2D eigenvalue weighted by Crippen LogP contribution is -2.59. The molecule has 1 heterocycles. The molecule has 14 heavy (non-hydrogen) atoms. The fourth-order valence-corrected chi connectivity index (χ4v) is 4.32. The highest BCUT2D eigenvalue weighted by molar-refractivity contribution is 7.99. The molecule has 2 unspecified atom stereocenters. The van der Waals surface area contributed by atoms with Crippen LogP contribution in [-0.2, 0) is 0 Å². The summed E-state index contributed by atoms with van der Waals surface area (Å²) < 4.78 is 0. The van der Waals surface area contributed by atoms with Crippen LogP contribution < -0.4 is 5.73 Å². The van der Waals surface area contributed by atoms with Crippen molar-refractivity contribution in [3.63, 3.8) is 0 Å². The van der Waals surface area contributed by atoms with Gasteiger partial charge in [-0.05, 0) is 36.9 Å². The van der Waals surface area contributed by atoms with Crippen molar-refractivity contribution >= 4 is 11.8 Å². The van der Waals surface area contributed by atoms with Crippen LogP contribution in [0.1, 0.15) is 39.5 Å². The first-order valence-corrected chi connectivity index (χ1v) is 6.62. The standard InChI is InChI=1S/C11H21NOS/c1-9(2)3-4-11(13,7-9)10(12)5-6-14-8-10/h13H,3-8,12H2,1-2H3. The van der Waals surface area contributed by atoms with Gasteiger partial charge in [-0.25, -0.2) is 0 Å². The van der Waals surface area contributed by atoms with Crippen molar-refractivity contribution in [2.24, 2.45) is 11.1 Å². The topological polar surface area (TPSA) is 46.2 Å². The van der Waals surface area contributed by atoms with Crippen LogP contribution in [0.4, 0.5) is 0 Å². The van der Waals surface area contributed by atoms with Gasteiger partial charge in [0, 0.05) is 5.75 Å². The molecule has 0 spiro atoms. The van der Waals surface area contributed by atoms with Crippen molar-refractivity contribution < 1.29 is 5.11 Å². The van der Waals surface area contributed by atoms with Crippen LogP contribution in [0.15, 0.2) is 0 Å². The zero-order valence-electron chi connectivity index (χ0n) is 9.18. The molecule has 0 aromatic carbocycles. The van der Waals surface area contributed by atoms with E-state index in [2.05, 4.69) is 13.8 Å². The Labute approximate surface area is 90.6 Å². The van der Waals surface area contributed by atoms with Crippen molar-refractivity contribution in [1.82, 2.24) is 0 Å². The first-order valence-electron chi connectivity index (χ1n) is 5.46. The molecule has 2 aliphatic rings. The van der Waals surface area contributed by atoms with E-state index in [-0.39, 0.29) is 11.0 Å². The minimum absolute atomic E-state index is 0.272. The Morgan fingerprint density at radius 1 is 1.21 bits per heavy atom. The van der Waals surface area contributed by atoms with E-state index in [1.807, 2.05) is 11.8 Å². The molecule has 2 rings (SSSR count). The summed E-state index contributed by atoms with van der Waals surface area (Å²) in [4.78, 5) is 0. The number of nitrogens with two attached hydrogens (primary N) is 1. The SMILES string of the molecule is CC1(C)CCC(O)(C2(N)CCSC2)C1. The maximum absolute atomic E-state index is 10.6. The van der Waals surface area contributed by atoms with Gasteiger partial charge in [0.05, 0.1) is 11.1 Å². The van der Waals surface area contributed by atoms with E-state index in [9.17, 15) is 5.11 Å². The van der Waals surface area contributed by atoms with Crippen molar-refractivity contribution in [2.45, 2.75) is 50.7 Å². The van der Waals surface area contributed by atoms with Crippen LogP contribution in [0.25, 0.3) is 0 Å². The van der Waals surface area contributed by atoms with Gasteiger partial charge in [-0.2, -0.15) is 11.8 Å². The molecule has 0 aromatic heterocycles. The summed E-state index contributed by atoms with van der Waals surface area (Å²) in [6.07, 6.45) is 3.84. The fourth-order valence-electron chi connectivity index (χ4n) is 2.89. The smallest absolute Gasteiger partial charge is 0.0840 e. The number of hydrogen-bond donors (Lipinski definition) is 2. The molecule has 1 aliphatic heterocycles. The fraction of sp³-hybridized carbons (Fsp3) is 1.00. The molecule has 0 amide bonds.